The minimum Gasteiger partial charge on any atom is -0.483 e. The van der Waals surface area contributed by atoms with Gasteiger partial charge in [0, 0.05) is 43.0 Å². The van der Waals surface area contributed by atoms with Crippen molar-refractivity contribution in [3.05, 3.63) is 65.0 Å². The van der Waals surface area contributed by atoms with E-state index >= 15 is 0 Å². The number of carbonyl (C=O) groups is 2. The Hall–Kier alpha value is -3.48. The molecule has 7 heteroatoms. The van der Waals surface area contributed by atoms with Gasteiger partial charge < -0.3 is 15.3 Å². The summed E-state index contributed by atoms with van der Waals surface area (Å²) in [5, 5.41) is 11.3. The lowest BCUT2D eigenvalue weighted by atomic mass is 9.96. The second-order valence-electron chi connectivity index (χ2n) is 8.77. The van der Waals surface area contributed by atoms with Crippen molar-refractivity contribution in [2.24, 2.45) is 5.92 Å². The Morgan fingerprint density at radius 1 is 1.15 bits per heavy atom. The highest BCUT2D eigenvalue weighted by molar-refractivity contribution is 5.94. The van der Waals surface area contributed by atoms with Crippen LogP contribution in [0.25, 0.3) is 10.9 Å². The molecule has 0 radical (unpaired) electrons. The third-order valence-corrected chi connectivity index (χ3v) is 6.65. The fourth-order valence-electron chi connectivity index (χ4n) is 4.82. The first-order valence-electron chi connectivity index (χ1n) is 11.5. The molecule has 0 unspecified atom stereocenters. The number of amides is 1. The van der Waals surface area contributed by atoms with Gasteiger partial charge in [-0.15, -0.1) is 0 Å². The first-order chi connectivity index (χ1) is 16.1. The third kappa shape index (κ3) is 5.30. The Morgan fingerprint density at radius 2 is 1.82 bits per heavy atom. The van der Waals surface area contributed by atoms with Crippen molar-refractivity contribution < 1.29 is 14.7 Å². The van der Waals surface area contributed by atoms with E-state index in [4.69, 9.17) is 14.9 Å². The van der Waals surface area contributed by atoms with E-state index in [0.29, 0.717) is 11.5 Å². The lowest BCUT2D eigenvalue weighted by Gasteiger charge is -2.33. The molecule has 0 spiro atoms. The summed E-state index contributed by atoms with van der Waals surface area (Å²) in [5.74, 6) is 1.59. The zero-order valence-electron chi connectivity index (χ0n) is 19.0. The molecule has 5 rings (SSSR count). The van der Waals surface area contributed by atoms with Crippen molar-refractivity contribution in [3.8, 4) is 0 Å². The number of rotatable bonds is 4. The van der Waals surface area contributed by atoms with E-state index in [1.54, 1.807) is 24.5 Å². The lowest BCUT2D eigenvalue weighted by molar-refractivity contribution is -0.122. The van der Waals surface area contributed by atoms with Gasteiger partial charge in [0.2, 0.25) is 0 Å². The average Bonchev–Trinajstić information content (AvgIpc) is 3.30. The number of aryl methyl sites for hydroxylation is 3. The van der Waals surface area contributed by atoms with Gasteiger partial charge in [-0.3, -0.25) is 14.6 Å². The topological polar surface area (TPSA) is 95.4 Å². The SMILES string of the molecule is Cc1cc(N2CCC(CNC(=O)c3ccncc3)CC2)nc2cc3c(cc12)CCC3.O=CO. The molecule has 0 bridgehead atoms. The minimum atomic E-state index is -0.250. The Kier molecular flexibility index (Phi) is 7.17. The summed E-state index contributed by atoms with van der Waals surface area (Å²) >= 11 is 0. The number of nitrogens with one attached hydrogen (secondary N) is 1. The monoisotopic (exact) mass is 446 g/mol. The molecule has 1 aliphatic heterocycles. The molecule has 2 N–H and O–H groups in total. The molecular formula is C26H30N4O3. The van der Waals surface area contributed by atoms with Crippen molar-refractivity contribution in [2.45, 2.75) is 39.0 Å². The van der Waals surface area contributed by atoms with Crippen LogP contribution < -0.4 is 10.2 Å². The number of carbonyl (C=O) groups excluding carboxylic acids is 1. The number of nitrogens with zero attached hydrogens (tertiary/aromatic N) is 3. The number of pyridine rings is 2. The van der Waals surface area contributed by atoms with Gasteiger partial charge in [0.05, 0.1) is 5.52 Å². The van der Waals surface area contributed by atoms with E-state index in [1.807, 2.05) is 0 Å². The number of hydrogen-bond donors (Lipinski definition) is 2. The predicted molar refractivity (Wildman–Crippen MR) is 129 cm³/mol. The van der Waals surface area contributed by atoms with Crippen LogP contribution in [-0.4, -0.2) is 47.1 Å². The molecule has 2 aromatic heterocycles. The maximum atomic E-state index is 12.3. The standard InChI is InChI=1S/C25H28N4O.CH2O2/c1-17-13-24(28-23-15-21-4-2-3-20(21)14-22(17)23)29-11-7-18(8-12-29)16-27-25(30)19-5-9-26-10-6-19;2-1-3/h5-6,9-10,13-15,18H,2-4,7-8,11-12,16H2,1H3,(H,27,30);1H,(H,2,3). The van der Waals surface area contributed by atoms with E-state index < -0.39 is 0 Å². The third-order valence-electron chi connectivity index (χ3n) is 6.65. The number of anilines is 1. The molecule has 1 fully saturated rings. The summed E-state index contributed by atoms with van der Waals surface area (Å²) < 4.78 is 0. The zero-order chi connectivity index (χ0) is 23.2. The van der Waals surface area contributed by atoms with Crippen LogP contribution >= 0.6 is 0 Å². The Morgan fingerprint density at radius 3 is 2.52 bits per heavy atom. The molecule has 1 aromatic carbocycles. The molecule has 2 aliphatic rings. The summed E-state index contributed by atoms with van der Waals surface area (Å²) in [5.41, 5.74) is 6.11. The number of carboxylic acid groups (broad SMARTS) is 1. The number of aromatic nitrogens is 2. The largest absolute Gasteiger partial charge is 0.483 e. The molecule has 0 atom stereocenters. The van der Waals surface area contributed by atoms with Gasteiger partial charge in [-0.1, -0.05) is 0 Å². The molecule has 172 valence electrons. The number of hydrogen-bond acceptors (Lipinski definition) is 5. The molecule has 3 heterocycles. The Balaban J connectivity index is 0.000000821. The van der Waals surface area contributed by atoms with Gasteiger partial charge in [0.15, 0.2) is 0 Å². The molecule has 3 aromatic rings. The van der Waals surface area contributed by atoms with Gasteiger partial charge in [-0.2, -0.15) is 0 Å². The van der Waals surface area contributed by atoms with Gasteiger partial charge in [0.25, 0.3) is 12.4 Å². The van der Waals surface area contributed by atoms with Crippen LogP contribution in [0.2, 0.25) is 0 Å². The van der Waals surface area contributed by atoms with Crippen molar-refractivity contribution in [3.63, 3.8) is 0 Å². The summed E-state index contributed by atoms with van der Waals surface area (Å²) in [4.78, 5) is 32.0. The van der Waals surface area contributed by atoms with Gasteiger partial charge in [-0.05, 0) is 92.0 Å². The maximum absolute atomic E-state index is 12.3. The van der Waals surface area contributed by atoms with Crippen LogP contribution in [0, 0.1) is 12.8 Å². The fourth-order valence-corrected chi connectivity index (χ4v) is 4.82. The van der Waals surface area contributed by atoms with Crippen LogP contribution in [0.1, 0.15) is 46.3 Å². The molecule has 1 aliphatic carbocycles. The van der Waals surface area contributed by atoms with Crippen LogP contribution in [0.15, 0.2) is 42.7 Å². The van der Waals surface area contributed by atoms with E-state index in [-0.39, 0.29) is 12.4 Å². The predicted octanol–water partition coefficient (Wildman–Crippen LogP) is 3.77. The van der Waals surface area contributed by atoms with Crippen molar-refractivity contribution >= 4 is 29.1 Å². The fraction of sp³-hybridized carbons (Fsp3) is 0.385. The van der Waals surface area contributed by atoms with Crippen molar-refractivity contribution in [1.29, 1.82) is 0 Å². The molecule has 1 saturated heterocycles. The molecule has 33 heavy (non-hydrogen) atoms. The molecule has 7 nitrogen and oxygen atoms in total. The second-order valence-corrected chi connectivity index (χ2v) is 8.77. The van der Waals surface area contributed by atoms with E-state index in [0.717, 1.165) is 43.8 Å². The van der Waals surface area contributed by atoms with E-state index in [9.17, 15) is 4.79 Å². The highest BCUT2D eigenvalue weighted by atomic mass is 16.3. The highest BCUT2D eigenvalue weighted by Crippen LogP contribution is 2.31. The molecule has 1 amide bonds. The van der Waals surface area contributed by atoms with Crippen LogP contribution in [0.4, 0.5) is 5.82 Å². The average molecular weight is 447 g/mol. The summed E-state index contributed by atoms with van der Waals surface area (Å²) in [6.45, 7) is 4.65. The van der Waals surface area contributed by atoms with Crippen LogP contribution in [0.3, 0.4) is 0 Å². The smallest absolute Gasteiger partial charge is 0.290 e. The zero-order valence-corrected chi connectivity index (χ0v) is 19.0. The first kappa shape index (κ1) is 22.7. The molecular weight excluding hydrogens is 416 g/mol. The first-order valence-corrected chi connectivity index (χ1v) is 11.5. The summed E-state index contributed by atoms with van der Waals surface area (Å²) in [6.07, 6.45) is 9.10. The van der Waals surface area contributed by atoms with Gasteiger partial charge in [0.1, 0.15) is 5.82 Å². The normalized spacial score (nSPS) is 15.5. The number of benzene rings is 1. The maximum Gasteiger partial charge on any atom is 0.290 e. The number of fused-ring (bicyclic) bond motifs is 2. The van der Waals surface area contributed by atoms with Crippen molar-refractivity contribution in [2.75, 3.05) is 24.5 Å². The van der Waals surface area contributed by atoms with Gasteiger partial charge >= 0.3 is 0 Å². The summed E-state index contributed by atoms with van der Waals surface area (Å²) in [7, 11) is 0. The Bertz CT molecular complexity index is 1130. The molecule has 0 saturated carbocycles. The van der Waals surface area contributed by atoms with Crippen molar-refractivity contribution in [1.82, 2.24) is 15.3 Å². The van der Waals surface area contributed by atoms with Crippen LogP contribution in [0.5, 0.6) is 0 Å². The highest BCUT2D eigenvalue weighted by Gasteiger charge is 2.22. The minimum absolute atomic E-state index is 0.0146. The quantitative estimate of drug-likeness (QED) is 0.593. The second kappa shape index (κ2) is 10.4. The Labute approximate surface area is 193 Å². The van der Waals surface area contributed by atoms with E-state index in [1.165, 1.54) is 41.3 Å². The number of piperidine rings is 1. The lowest BCUT2D eigenvalue weighted by Crippen LogP contribution is -2.39. The van der Waals surface area contributed by atoms with Gasteiger partial charge in [-0.25, -0.2) is 4.98 Å². The summed E-state index contributed by atoms with van der Waals surface area (Å²) in [6, 6.07) is 10.4. The van der Waals surface area contributed by atoms with E-state index in [2.05, 4.69) is 40.3 Å². The van der Waals surface area contributed by atoms with Crippen LogP contribution in [-0.2, 0) is 17.6 Å².